The minimum atomic E-state index is -3.40. The molecule has 2 aromatic rings. The van der Waals surface area contributed by atoms with Crippen molar-refractivity contribution < 1.29 is 21.6 Å². The standard InChI is InChI=1S/C19H26BrN3O5S2/c1-23(13-14-28-19-7-4-3-6-18(19)22-29(2,24)25)17-10-8-16(9-11-17)21-30(26,27)15-5-12-20/h3-4,6-11,21-22H,5,12-15H2,1-2H3. The quantitative estimate of drug-likeness (QED) is 0.417. The van der Waals surface area contributed by atoms with Crippen LogP contribution in [-0.4, -0.2) is 54.4 Å². The first-order valence-electron chi connectivity index (χ1n) is 9.17. The van der Waals surface area contributed by atoms with Crippen LogP contribution in [-0.2, 0) is 20.0 Å². The third-order valence-electron chi connectivity index (χ3n) is 3.99. The third-order valence-corrected chi connectivity index (χ3v) is 6.52. The van der Waals surface area contributed by atoms with Gasteiger partial charge in [0.15, 0.2) is 0 Å². The van der Waals surface area contributed by atoms with E-state index in [2.05, 4.69) is 25.4 Å². The second-order valence-corrected chi connectivity index (χ2v) is 11.0. The molecule has 0 spiro atoms. The second kappa shape index (κ2) is 10.9. The van der Waals surface area contributed by atoms with E-state index in [4.69, 9.17) is 4.74 Å². The SMILES string of the molecule is CN(CCOc1ccccc1NS(C)(=O)=O)c1ccc(NS(=O)(=O)CCCBr)cc1. The molecule has 0 saturated heterocycles. The van der Waals surface area contributed by atoms with E-state index in [9.17, 15) is 16.8 Å². The van der Waals surface area contributed by atoms with Crippen molar-refractivity contribution in [2.24, 2.45) is 0 Å². The summed E-state index contributed by atoms with van der Waals surface area (Å²) in [7, 11) is -4.86. The molecule has 0 saturated carbocycles. The molecule has 0 radical (unpaired) electrons. The lowest BCUT2D eigenvalue weighted by molar-refractivity contribution is 0.327. The van der Waals surface area contributed by atoms with Crippen molar-refractivity contribution in [1.82, 2.24) is 0 Å². The molecule has 0 aliphatic heterocycles. The Labute approximate surface area is 186 Å². The number of benzene rings is 2. The van der Waals surface area contributed by atoms with Crippen LogP contribution in [0.1, 0.15) is 6.42 Å². The number of likely N-dealkylation sites (N-methyl/N-ethyl adjacent to an activating group) is 1. The number of rotatable bonds is 12. The van der Waals surface area contributed by atoms with Crippen LogP contribution < -0.4 is 19.1 Å². The molecule has 11 heteroatoms. The highest BCUT2D eigenvalue weighted by atomic mass is 79.9. The Balaban J connectivity index is 1.91. The van der Waals surface area contributed by atoms with Crippen molar-refractivity contribution in [2.45, 2.75) is 6.42 Å². The normalized spacial score (nSPS) is 11.7. The van der Waals surface area contributed by atoms with Gasteiger partial charge in [-0.05, 0) is 42.8 Å². The van der Waals surface area contributed by atoms with Gasteiger partial charge in [0.1, 0.15) is 12.4 Å². The molecule has 0 fully saturated rings. The van der Waals surface area contributed by atoms with Crippen molar-refractivity contribution in [3.05, 3.63) is 48.5 Å². The molecule has 0 aliphatic carbocycles. The zero-order valence-electron chi connectivity index (χ0n) is 16.8. The van der Waals surface area contributed by atoms with Gasteiger partial charge in [-0.15, -0.1) is 0 Å². The fraction of sp³-hybridized carbons (Fsp3) is 0.368. The van der Waals surface area contributed by atoms with Gasteiger partial charge in [0.05, 0.1) is 24.2 Å². The van der Waals surface area contributed by atoms with Crippen LogP contribution in [0.4, 0.5) is 17.1 Å². The summed E-state index contributed by atoms with van der Waals surface area (Å²) in [5, 5.41) is 0.633. The highest BCUT2D eigenvalue weighted by Crippen LogP contribution is 2.25. The number of hydrogen-bond acceptors (Lipinski definition) is 6. The first kappa shape index (κ1) is 24.3. The van der Waals surface area contributed by atoms with E-state index in [0.29, 0.717) is 42.0 Å². The van der Waals surface area contributed by atoms with Gasteiger partial charge < -0.3 is 9.64 Å². The number of sulfonamides is 2. The molecular formula is C19H26BrN3O5S2. The molecule has 2 N–H and O–H groups in total. The van der Waals surface area contributed by atoms with Gasteiger partial charge in [0.25, 0.3) is 0 Å². The molecule has 0 heterocycles. The minimum absolute atomic E-state index is 0.0624. The summed E-state index contributed by atoms with van der Waals surface area (Å²) in [6.07, 6.45) is 1.63. The Hall–Kier alpha value is -1.98. The summed E-state index contributed by atoms with van der Waals surface area (Å²) in [6, 6.07) is 13.9. The first-order valence-corrected chi connectivity index (χ1v) is 13.8. The molecule has 0 aromatic heterocycles. The Morgan fingerprint density at radius 1 is 1.00 bits per heavy atom. The molecular weight excluding hydrogens is 494 g/mol. The van der Waals surface area contributed by atoms with Gasteiger partial charge in [-0.3, -0.25) is 9.44 Å². The summed E-state index contributed by atoms with van der Waals surface area (Å²) in [5.74, 6) is 0.511. The van der Waals surface area contributed by atoms with E-state index in [-0.39, 0.29) is 5.75 Å². The Morgan fingerprint density at radius 3 is 2.30 bits per heavy atom. The van der Waals surface area contributed by atoms with Crippen LogP contribution in [0, 0.1) is 0 Å². The average molecular weight is 520 g/mol. The van der Waals surface area contributed by atoms with Gasteiger partial charge in [-0.1, -0.05) is 28.1 Å². The number of hydrogen-bond donors (Lipinski definition) is 2. The Bertz CT molecular complexity index is 1030. The predicted octanol–water partition coefficient (Wildman–Crippen LogP) is 3.10. The molecule has 0 unspecified atom stereocenters. The molecule has 2 aromatic carbocycles. The summed E-state index contributed by atoms with van der Waals surface area (Å²) < 4.78 is 57.6. The van der Waals surface area contributed by atoms with E-state index in [1.807, 2.05) is 24.1 Å². The Kier molecular flexibility index (Phi) is 8.80. The topological polar surface area (TPSA) is 105 Å². The largest absolute Gasteiger partial charge is 0.490 e. The maximum absolute atomic E-state index is 12.0. The van der Waals surface area contributed by atoms with Crippen LogP contribution in [0.5, 0.6) is 5.75 Å². The van der Waals surface area contributed by atoms with E-state index < -0.39 is 20.0 Å². The predicted molar refractivity (Wildman–Crippen MR) is 126 cm³/mol. The van der Waals surface area contributed by atoms with Gasteiger partial charge in [0.2, 0.25) is 20.0 Å². The van der Waals surface area contributed by atoms with Crippen molar-refractivity contribution in [2.75, 3.05) is 51.9 Å². The maximum Gasteiger partial charge on any atom is 0.232 e. The summed E-state index contributed by atoms with van der Waals surface area (Å²) in [4.78, 5) is 1.95. The van der Waals surface area contributed by atoms with E-state index in [1.54, 1.807) is 36.4 Å². The maximum atomic E-state index is 12.0. The summed E-state index contributed by atoms with van der Waals surface area (Å²) in [6.45, 7) is 0.878. The summed E-state index contributed by atoms with van der Waals surface area (Å²) in [5.41, 5.74) is 1.79. The first-order chi connectivity index (χ1) is 14.1. The average Bonchev–Trinajstić information content (AvgIpc) is 2.67. The lowest BCUT2D eigenvalue weighted by atomic mass is 10.2. The lowest BCUT2D eigenvalue weighted by Crippen LogP contribution is -2.24. The molecule has 30 heavy (non-hydrogen) atoms. The van der Waals surface area contributed by atoms with E-state index >= 15 is 0 Å². The molecule has 0 aliphatic rings. The van der Waals surface area contributed by atoms with Crippen molar-refractivity contribution in [1.29, 1.82) is 0 Å². The van der Waals surface area contributed by atoms with Crippen molar-refractivity contribution in [3.63, 3.8) is 0 Å². The number of alkyl halides is 1. The van der Waals surface area contributed by atoms with Gasteiger partial charge in [-0.2, -0.15) is 0 Å². The van der Waals surface area contributed by atoms with Crippen LogP contribution in [0.25, 0.3) is 0 Å². The van der Waals surface area contributed by atoms with Crippen molar-refractivity contribution >= 4 is 53.0 Å². The second-order valence-electron chi connectivity index (χ2n) is 6.65. The number of nitrogens with zero attached hydrogens (tertiary/aromatic N) is 1. The number of anilines is 3. The lowest BCUT2D eigenvalue weighted by Gasteiger charge is -2.20. The van der Waals surface area contributed by atoms with Gasteiger partial charge >= 0.3 is 0 Å². The zero-order valence-corrected chi connectivity index (χ0v) is 20.1. The minimum Gasteiger partial charge on any atom is -0.490 e. The highest BCUT2D eigenvalue weighted by Gasteiger charge is 2.11. The molecule has 0 atom stereocenters. The van der Waals surface area contributed by atoms with Crippen LogP contribution >= 0.6 is 15.9 Å². The number of para-hydroxylation sites is 2. The number of ether oxygens (including phenoxy) is 1. The number of halogens is 1. The van der Waals surface area contributed by atoms with Gasteiger partial charge in [0, 0.05) is 23.8 Å². The smallest absolute Gasteiger partial charge is 0.232 e. The molecule has 0 amide bonds. The van der Waals surface area contributed by atoms with Crippen LogP contribution in [0.2, 0.25) is 0 Å². The van der Waals surface area contributed by atoms with E-state index in [0.717, 1.165) is 11.9 Å². The van der Waals surface area contributed by atoms with Gasteiger partial charge in [-0.25, -0.2) is 16.8 Å². The van der Waals surface area contributed by atoms with Crippen LogP contribution in [0.15, 0.2) is 48.5 Å². The third kappa shape index (κ3) is 8.41. The molecule has 166 valence electrons. The fourth-order valence-electron chi connectivity index (χ4n) is 2.56. The highest BCUT2D eigenvalue weighted by molar-refractivity contribution is 9.09. The van der Waals surface area contributed by atoms with Crippen LogP contribution in [0.3, 0.4) is 0 Å². The molecule has 2 rings (SSSR count). The number of nitrogens with one attached hydrogen (secondary N) is 2. The van der Waals surface area contributed by atoms with Crippen molar-refractivity contribution in [3.8, 4) is 5.75 Å². The Morgan fingerprint density at radius 2 is 1.67 bits per heavy atom. The summed E-state index contributed by atoms with van der Waals surface area (Å²) >= 11 is 3.23. The monoisotopic (exact) mass is 519 g/mol. The fourth-order valence-corrected chi connectivity index (χ4v) is 4.90. The molecule has 0 bridgehead atoms. The van der Waals surface area contributed by atoms with E-state index in [1.165, 1.54) is 0 Å². The zero-order chi connectivity index (χ0) is 22.2. The molecule has 8 nitrogen and oxygen atoms in total.